The Morgan fingerprint density at radius 1 is 0.441 bits per heavy atom. The predicted molar refractivity (Wildman–Crippen MR) is 170 cm³/mol. The molecule has 0 aromatic heterocycles. The predicted octanol–water partition coefficient (Wildman–Crippen LogP) is 7.90. The summed E-state index contributed by atoms with van der Waals surface area (Å²) in [5, 5.41) is 22.5. The van der Waals surface area contributed by atoms with Crippen LogP contribution >= 0.6 is 0 Å². The van der Waals surface area contributed by atoms with Crippen LogP contribution in [0.25, 0.3) is 0 Å². The number of quaternary nitrogens is 2. The largest absolute Gasteiger partial charge is 0.633 e. The number of rotatable bonds is 22. The van der Waals surface area contributed by atoms with Gasteiger partial charge < -0.3 is 19.7 Å². The van der Waals surface area contributed by atoms with Crippen molar-refractivity contribution in [2.45, 2.75) is 106 Å². The lowest BCUT2D eigenvalue weighted by Crippen LogP contribution is -2.56. The molecule has 360 valence electrons. The van der Waals surface area contributed by atoms with Crippen LogP contribution in [0.4, 0.5) is 87.8 Å². The van der Waals surface area contributed by atoms with E-state index < -0.39 is 127 Å². The number of nitrogens with one attached hydrogen (secondary N) is 2. The molecule has 0 aromatic rings. The summed E-state index contributed by atoms with van der Waals surface area (Å²) in [6.45, 7) is -0.819. The molecule has 59 heavy (non-hydrogen) atoms. The van der Waals surface area contributed by atoms with Gasteiger partial charge in [0.15, 0.2) is 0 Å². The lowest BCUT2D eigenvalue weighted by atomic mass is 9.92. The van der Waals surface area contributed by atoms with Crippen molar-refractivity contribution in [3.63, 3.8) is 0 Å². The van der Waals surface area contributed by atoms with Crippen molar-refractivity contribution in [2.75, 3.05) is 65.9 Å². The molecule has 0 spiro atoms. The number of hydroxylamine groups is 6. The number of halogens is 20. The van der Waals surface area contributed by atoms with Gasteiger partial charge in [-0.3, -0.25) is 0 Å². The third-order valence-electron chi connectivity index (χ3n) is 7.18. The van der Waals surface area contributed by atoms with Crippen molar-refractivity contribution in [1.82, 2.24) is 9.44 Å². The minimum Gasteiger partial charge on any atom is -0.633 e. The fourth-order valence-electron chi connectivity index (χ4n) is 4.14. The molecule has 0 unspecified atom stereocenters. The number of hydrogen-bond acceptors (Lipinski definition) is 6. The van der Waals surface area contributed by atoms with E-state index in [2.05, 4.69) is 0 Å². The summed E-state index contributed by atoms with van der Waals surface area (Å²) >= 11 is 0. The van der Waals surface area contributed by atoms with Gasteiger partial charge in [-0.05, 0) is 0 Å². The molecule has 10 nitrogen and oxygen atoms in total. The maximum absolute atomic E-state index is 13.7. The lowest BCUT2D eigenvalue weighted by Gasteiger charge is -2.34. The Kier molecular flexibility index (Phi) is 21.5. The first kappa shape index (κ1) is 61.6. The second-order valence-corrected chi connectivity index (χ2v) is 17.8. The van der Waals surface area contributed by atoms with E-state index in [0.29, 0.717) is 0 Å². The number of alkyl halides is 20. The molecule has 0 atom stereocenters. The summed E-state index contributed by atoms with van der Waals surface area (Å²) in [5.74, 6) is -18.1. The van der Waals surface area contributed by atoms with Crippen molar-refractivity contribution >= 4 is 20.0 Å². The zero-order valence-electron chi connectivity index (χ0n) is 30.4. The number of hydrogen-bond donors (Lipinski definition) is 2. The molecular formula is C27H44F20N4O6S2. The van der Waals surface area contributed by atoms with Gasteiger partial charge >= 0.3 is 36.0 Å². The zero-order chi connectivity index (χ0) is 47.1. The van der Waals surface area contributed by atoms with Crippen LogP contribution in [0, 0.1) is 10.4 Å². The topological polar surface area (TPSA) is 138 Å². The highest BCUT2D eigenvalue weighted by molar-refractivity contribution is 7.89. The summed E-state index contributed by atoms with van der Waals surface area (Å²) in [6.07, 6.45) is -40.7. The second kappa shape index (κ2) is 20.6. The quantitative estimate of drug-likeness (QED) is 0.0490. The van der Waals surface area contributed by atoms with Crippen LogP contribution in [0.15, 0.2) is 0 Å². The van der Waals surface area contributed by atoms with Crippen molar-refractivity contribution in [2.24, 2.45) is 0 Å². The van der Waals surface area contributed by atoms with Crippen molar-refractivity contribution < 1.29 is 114 Å². The van der Waals surface area contributed by atoms with Crippen LogP contribution in [-0.2, 0) is 20.0 Å². The van der Waals surface area contributed by atoms with E-state index in [9.17, 15) is 115 Å². The van der Waals surface area contributed by atoms with Crippen LogP contribution < -0.4 is 9.44 Å². The SMILES string of the molecule is C.C[N+](C)([O-])CCCNS(=O)(=O)CCC(F)(F)CC(F)(C(F)(F)F)C(F)(F)F.C[N+](C)([O-])CCCNS(=O)(=O)CCC(F)(F)CC(F)(F)CC(F)(C(F)(F)F)C(F)(F)F. The van der Waals surface area contributed by atoms with Crippen molar-refractivity contribution in [3.05, 3.63) is 10.4 Å². The smallest absolute Gasteiger partial charge is 0.431 e. The molecular weight excluding hydrogens is 920 g/mol. The van der Waals surface area contributed by atoms with Gasteiger partial charge in [0.05, 0.1) is 72.0 Å². The fraction of sp³-hybridized carbons (Fsp3) is 1.00. The van der Waals surface area contributed by atoms with Gasteiger partial charge in [-0.25, -0.2) is 61.4 Å². The average Bonchev–Trinajstić information content (AvgIpc) is 2.92. The van der Waals surface area contributed by atoms with E-state index >= 15 is 0 Å². The molecule has 0 aromatic carbocycles. The third kappa shape index (κ3) is 23.3. The highest BCUT2D eigenvalue weighted by Crippen LogP contribution is 2.54. The van der Waals surface area contributed by atoms with E-state index in [1.807, 2.05) is 0 Å². The molecule has 32 heteroatoms. The number of nitrogens with zero attached hydrogens (tertiary/aromatic N) is 2. The zero-order valence-corrected chi connectivity index (χ0v) is 32.0. The Labute approximate surface area is 326 Å². The molecule has 0 radical (unpaired) electrons. The Hall–Kier alpha value is -1.74. The lowest BCUT2D eigenvalue weighted by molar-refractivity contribution is -0.840. The van der Waals surface area contributed by atoms with Gasteiger partial charge in [0, 0.05) is 38.8 Å². The summed E-state index contributed by atoms with van der Waals surface area (Å²) in [7, 11) is -4.00. The van der Waals surface area contributed by atoms with E-state index in [0.717, 1.165) is 0 Å². The molecule has 0 fully saturated rings. The van der Waals surface area contributed by atoms with E-state index in [1.54, 1.807) is 9.44 Å². The van der Waals surface area contributed by atoms with Crippen molar-refractivity contribution in [1.29, 1.82) is 0 Å². The minimum atomic E-state index is -6.85. The van der Waals surface area contributed by atoms with Gasteiger partial charge in [0.1, 0.15) is 0 Å². The third-order valence-corrected chi connectivity index (χ3v) is 9.95. The maximum atomic E-state index is 13.7. The molecule has 2 N–H and O–H groups in total. The summed E-state index contributed by atoms with van der Waals surface area (Å²) in [5.41, 5.74) is -12.6. The Morgan fingerprint density at radius 2 is 0.678 bits per heavy atom. The van der Waals surface area contributed by atoms with E-state index in [4.69, 9.17) is 0 Å². The van der Waals surface area contributed by atoms with Gasteiger partial charge in [-0.1, -0.05) is 7.43 Å². The second-order valence-electron chi connectivity index (χ2n) is 13.9. The monoisotopic (exact) mass is 964 g/mol. The summed E-state index contributed by atoms with van der Waals surface area (Å²) < 4.78 is 304. The Morgan fingerprint density at radius 3 is 0.915 bits per heavy atom. The first-order valence-corrected chi connectivity index (χ1v) is 19.1. The van der Waals surface area contributed by atoms with E-state index in [1.165, 1.54) is 28.2 Å². The van der Waals surface area contributed by atoms with Crippen LogP contribution in [0.3, 0.4) is 0 Å². The van der Waals surface area contributed by atoms with E-state index in [-0.39, 0.29) is 46.4 Å². The Balaban J connectivity index is -0.00000105. The van der Waals surface area contributed by atoms with Crippen molar-refractivity contribution in [3.8, 4) is 0 Å². The summed E-state index contributed by atoms with van der Waals surface area (Å²) in [4.78, 5) is 0. The van der Waals surface area contributed by atoms with Gasteiger partial charge in [-0.2, -0.15) is 52.7 Å². The normalized spacial score (nSPS) is 15.1. The molecule has 0 bridgehead atoms. The first-order valence-electron chi connectivity index (χ1n) is 15.8. The van der Waals surface area contributed by atoms with Crippen LogP contribution in [0.5, 0.6) is 0 Å². The van der Waals surface area contributed by atoms with Crippen LogP contribution in [0.1, 0.15) is 52.4 Å². The standard InChI is InChI=1S/C14H21F11N2O3S.C12H19F9N2O3S.CH4/c1-27(2,28)6-3-5-26-31(29,30)7-4-10(15,16)8-11(17,18)9-12(19,13(20,21)22)14(23,24)25;1-23(2,24)6-3-5-22-27(25,26)7-4-9(13,14)8-10(15,11(16,17)18)12(19,20)21;/h26H,3-9H2,1-2H3;22H,3-8H2,1-2H3;1H4. The summed E-state index contributed by atoms with van der Waals surface area (Å²) in [6, 6.07) is 0. The molecule has 0 rings (SSSR count). The molecule has 0 saturated heterocycles. The van der Waals surface area contributed by atoms with Gasteiger partial charge in [0.25, 0.3) is 17.8 Å². The first-order chi connectivity index (χ1) is 24.9. The molecule has 0 saturated carbocycles. The highest BCUT2D eigenvalue weighted by atomic mass is 32.2. The van der Waals surface area contributed by atoms with Crippen LogP contribution in [0.2, 0.25) is 0 Å². The Bertz CT molecular complexity index is 1460. The van der Waals surface area contributed by atoms with Gasteiger partial charge in [-0.15, -0.1) is 0 Å². The molecule has 0 aliphatic rings. The fourth-order valence-corrected chi connectivity index (χ4v) is 6.47. The molecule has 0 amide bonds. The minimum absolute atomic E-state index is 0. The highest BCUT2D eigenvalue weighted by Gasteiger charge is 2.76. The van der Waals surface area contributed by atoms with Gasteiger partial charge in [0.2, 0.25) is 20.0 Å². The molecule has 0 heterocycles. The number of sulfonamides is 2. The van der Waals surface area contributed by atoms with Crippen LogP contribution in [-0.4, -0.2) is 146 Å². The molecule has 0 aliphatic heterocycles. The average molecular weight is 965 g/mol. The maximum Gasteiger partial charge on any atom is 0.431 e. The molecule has 0 aliphatic carbocycles.